The van der Waals surface area contributed by atoms with Crippen LogP contribution in [-0.4, -0.2) is 4.57 Å². The molecule has 4 heteroatoms. The fraction of sp³-hybridized carbons (Fsp3) is 0.182. The van der Waals surface area contributed by atoms with Crippen LogP contribution in [0, 0.1) is 27.7 Å². The molecular formula is C22H23Cl2HfN. The molecule has 1 aromatic heterocycles. The predicted molar refractivity (Wildman–Crippen MR) is 99.9 cm³/mol. The number of nitrogens with zero attached hydrogens (tertiary/aromatic N) is 1. The first-order valence-electron chi connectivity index (χ1n) is 8.05. The van der Waals surface area contributed by atoms with Crippen molar-refractivity contribution in [2.24, 2.45) is 0 Å². The topological polar surface area (TPSA) is 4.93 Å². The second-order valence-electron chi connectivity index (χ2n) is 6.22. The molecule has 0 atom stereocenters. The quantitative estimate of drug-likeness (QED) is 0.232. The van der Waals surface area contributed by atoms with E-state index in [1.54, 1.807) is 0 Å². The van der Waals surface area contributed by atoms with Crippen LogP contribution in [0.4, 0.5) is 0 Å². The van der Waals surface area contributed by atoms with E-state index in [0.717, 1.165) is 0 Å². The molecule has 0 saturated carbocycles. The van der Waals surface area contributed by atoms with Crippen LogP contribution in [0.25, 0.3) is 16.5 Å². The molecule has 0 aliphatic rings. The van der Waals surface area contributed by atoms with E-state index in [4.69, 9.17) is 0 Å². The minimum Gasteiger partial charge on any atom is -1.00 e. The van der Waals surface area contributed by atoms with Crippen molar-refractivity contribution < 1.29 is 50.7 Å². The van der Waals surface area contributed by atoms with Crippen LogP contribution in [0.2, 0.25) is 0 Å². The van der Waals surface area contributed by atoms with Gasteiger partial charge in [-0.1, -0.05) is 32.4 Å². The van der Waals surface area contributed by atoms with Crippen LogP contribution in [0.15, 0.2) is 67.0 Å². The van der Waals surface area contributed by atoms with Crippen LogP contribution in [0.1, 0.15) is 22.3 Å². The first-order valence-corrected chi connectivity index (χ1v) is 8.05. The average Bonchev–Trinajstić information content (AvgIpc) is 3.25. The van der Waals surface area contributed by atoms with Gasteiger partial charge >= 0.3 is 25.8 Å². The van der Waals surface area contributed by atoms with Crippen molar-refractivity contribution in [2.75, 3.05) is 0 Å². The normalized spacial score (nSPS) is 9.38. The Morgan fingerprint density at radius 1 is 0.885 bits per heavy atom. The van der Waals surface area contributed by atoms with Gasteiger partial charge in [-0.05, 0) is 24.7 Å². The molecule has 1 heterocycles. The molecule has 134 valence electrons. The maximum atomic E-state index is 2.26. The summed E-state index contributed by atoms with van der Waals surface area (Å²) in [5.41, 5.74) is 6.72. The smallest absolute Gasteiger partial charge is 1.00 e. The van der Waals surface area contributed by atoms with Crippen LogP contribution in [-0.2, 0) is 25.8 Å². The van der Waals surface area contributed by atoms with E-state index in [0.29, 0.717) is 0 Å². The van der Waals surface area contributed by atoms with Gasteiger partial charge in [-0.3, -0.25) is 0 Å². The second-order valence-corrected chi connectivity index (χ2v) is 6.22. The second kappa shape index (κ2) is 10.9. The molecule has 0 amide bonds. The zero-order valence-electron chi connectivity index (χ0n) is 15.6. The number of rotatable bonds is 1. The number of hydrogen-bond donors (Lipinski definition) is 0. The largest absolute Gasteiger partial charge is 4.00 e. The molecule has 4 rings (SSSR count). The Morgan fingerprint density at radius 3 is 1.96 bits per heavy atom. The summed E-state index contributed by atoms with van der Waals surface area (Å²) in [7, 11) is 0. The molecule has 26 heavy (non-hydrogen) atoms. The van der Waals surface area contributed by atoms with Crippen LogP contribution in [0.3, 0.4) is 0 Å². The summed E-state index contributed by atoms with van der Waals surface area (Å²) in [4.78, 5) is 0. The molecular weight excluding hydrogens is 528 g/mol. The minimum absolute atomic E-state index is 0. The molecule has 0 aliphatic carbocycles. The van der Waals surface area contributed by atoms with Crippen molar-refractivity contribution >= 4 is 10.8 Å². The summed E-state index contributed by atoms with van der Waals surface area (Å²) in [5.74, 6) is 0. The number of benzene rings is 1. The van der Waals surface area contributed by atoms with Gasteiger partial charge in [0.15, 0.2) is 0 Å². The third-order valence-corrected chi connectivity index (χ3v) is 4.52. The van der Waals surface area contributed by atoms with Gasteiger partial charge in [0.05, 0.1) is 0 Å². The van der Waals surface area contributed by atoms with Crippen molar-refractivity contribution in [1.29, 1.82) is 0 Å². The van der Waals surface area contributed by atoms with Crippen molar-refractivity contribution in [3.8, 4) is 5.69 Å². The van der Waals surface area contributed by atoms with Crippen LogP contribution in [0.5, 0.6) is 0 Å². The molecule has 0 aliphatic heterocycles. The molecule has 3 aromatic carbocycles. The van der Waals surface area contributed by atoms with Crippen LogP contribution >= 0.6 is 0 Å². The van der Waals surface area contributed by atoms with E-state index < -0.39 is 0 Å². The summed E-state index contributed by atoms with van der Waals surface area (Å²) in [6.07, 6.45) is 4.16. The first kappa shape index (κ1) is 24.9. The van der Waals surface area contributed by atoms with Gasteiger partial charge in [-0.15, -0.1) is 34.5 Å². The summed E-state index contributed by atoms with van der Waals surface area (Å²) in [6.45, 7) is 8.58. The Morgan fingerprint density at radius 2 is 1.50 bits per heavy atom. The summed E-state index contributed by atoms with van der Waals surface area (Å²) >= 11 is 0. The minimum atomic E-state index is 0. The zero-order valence-corrected chi connectivity index (χ0v) is 20.7. The Balaban J connectivity index is 0.000000542. The SMILES string of the molecule is Cc1ccc(C)c2[cH-]c(-n3cccc3)cc12.Cc1ccc[c-]1C.[Cl-].[Cl-].[Hf+4]. The standard InChI is InChI=1S/C15H14N.C7H9.2ClH.Hf/c1-11-5-6-12(2)15-10-13(9-14(11)15)16-7-3-4-8-16;1-6-4-3-5-7(6)2;;;/h3-10H,1-2H3;3-5H,1-2H3;2*1H;/q2*-1;;;+4/p-2. The third kappa shape index (κ3) is 5.45. The third-order valence-electron chi connectivity index (χ3n) is 4.52. The van der Waals surface area contributed by atoms with Gasteiger partial charge in [-0.25, -0.2) is 12.1 Å². The number of halogens is 2. The molecule has 0 fully saturated rings. The first-order chi connectivity index (χ1) is 11.1. The molecule has 0 bridgehead atoms. The van der Waals surface area contributed by atoms with Gasteiger partial charge in [0.25, 0.3) is 0 Å². The van der Waals surface area contributed by atoms with E-state index in [-0.39, 0.29) is 50.7 Å². The van der Waals surface area contributed by atoms with Crippen LogP contribution < -0.4 is 24.8 Å². The van der Waals surface area contributed by atoms with Gasteiger partial charge in [0, 0.05) is 12.4 Å². The van der Waals surface area contributed by atoms with Crippen molar-refractivity contribution in [3.05, 3.63) is 89.2 Å². The molecule has 0 unspecified atom stereocenters. The van der Waals surface area contributed by atoms with E-state index in [1.165, 1.54) is 38.7 Å². The summed E-state index contributed by atoms with van der Waals surface area (Å²) in [5, 5.41) is 2.73. The van der Waals surface area contributed by atoms with E-state index in [1.807, 2.05) is 0 Å². The Labute approximate surface area is 187 Å². The van der Waals surface area contributed by atoms with E-state index >= 15 is 0 Å². The van der Waals surface area contributed by atoms with Gasteiger partial charge in [0.1, 0.15) is 0 Å². The average molecular weight is 551 g/mol. The van der Waals surface area contributed by atoms with Crippen molar-refractivity contribution in [3.63, 3.8) is 0 Å². The number of fused-ring (bicyclic) bond motifs is 1. The fourth-order valence-corrected chi connectivity index (χ4v) is 2.83. The fourth-order valence-electron chi connectivity index (χ4n) is 2.83. The van der Waals surface area contributed by atoms with Crippen molar-refractivity contribution in [2.45, 2.75) is 27.7 Å². The Kier molecular flexibility index (Phi) is 10.5. The Hall–Kier alpha value is -1.09. The van der Waals surface area contributed by atoms with Crippen molar-refractivity contribution in [1.82, 2.24) is 4.57 Å². The monoisotopic (exact) mass is 551 g/mol. The number of hydrogen-bond acceptors (Lipinski definition) is 0. The maximum absolute atomic E-state index is 2.26. The van der Waals surface area contributed by atoms with Gasteiger partial charge < -0.3 is 29.4 Å². The molecule has 0 spiro atoms. The van der Waals surface area contributed by atoms with Gasteiger partial charge in [-0.2, -0.15) is 17.2 Å². The van der Waals surface area contributed by atoms with E-state index in [9.17, 15) is 0 Å². The predicted octanol–water partition coefficient (Wildman–Crippen LogP) is -0.00592. The van der Waals surface area contributed by atoms with Gasteiger partial charge in [0.2, 0.25) is 0 Å². The molecule has 0 radical (unpaired) electrons. The summed E-state index contributed by atoms with van der Waals surface area (Å²) < 4.78 is 2.15. The zero-order chi connectivity index (χ0) is 16.4. The molecule has 1 nitrogen and oxygen atoms in total. The molecule has 4 aromatic rings. The number of aromatic nitrogens is 1. The number of aryl methyl sites for hydroxylation is 4. The summed E-state index contributed by atoms with van der Waals surface area (Å²) in [6, 6.07) is 19.3. The van der Waals surface area contributed by atoms with E-state index in [2.05, 4.69) is 99.3 Å². The Bertz CT molecular complexity index is 862. The maximum Gasteiger partial charge on any atom is 4.00 e. The molecule has 0 saturated heterocycles. The molecule has 0 N–H and O–H groups in total.